The highest BCUT2D eigenvalue weighted by atomic mass is 35.5. The Morgan fingerprint density at radius 3 is 2.86 bits per heavy atom. The summed E-state index contributed by atoms with van der Waals surface area (Å²) in [5.41, 5.74) is 1.59. The summed E-state index contributed by atoms with van der Waals surface area (Å²) in [5, 5.41) is 10.7. The maximum atomic E-state index is 12.1. The highest BCUT2D eigenvalue weighted by molar-refractivity contribution is 7.18. The van der Waals surface area contributed by atoms with Gasteiger partial charge in [-0.3, -0.25) is 9.36 Å². The van der Waals surface area contributed by atoms with Crippen LogP contribution in [0, 0.1) is 6.92 Å². The molecule has 5 nitrogen and oxygen atoms in total. The molecule has 0 aliphatic carbocycles. The van der Waals surface area contributed by atoms with Crippen LogP contribution < -0.4 is 5.32 Å². The number of carbonyl (C=O) groups excluding carboxylic acids is 1. The highest BCUT2D eigenvalue weighted by Crippen LogP contribution is 2.23. The Balaban J connectivity index is 1.84. The van der Waals surface area contributed by atoms with Gasteiger partial charge in [-0.15, -0.1) is 21.5 Å². The molecule has 0 saturated carbocycles. The van der Waals surface area contributed by atoms with Crippen LogP contribution in [0.1, 0.15) is 15.5 Å². The summed E-state index contributed by atoms with van der Waals surface area (Å²) in [7, 11) is 0. The average molecular weight is 319 g/mol. The monoisotopic (exact) mass is 318 g/mol. The van der Waals surface area contributed by atoms with E-state index in [1.807, 2.05) is 35.8 Å². The molecule has 0 radical (unpaired) electrons. The van der Waals surface area contributed by atoms with Crippen LogP contribution in [-0.2, 0) is 0 Å². The number of nitrogens with one attached hydrogen (secondary N) is 1. The minimum Gasteiger partial charge on any atom is -0.321 e. The second-order valence-corrected chi connectivity index (χ2v) is 6.07. The van der Waals surface area contributed by atoms with Gasteiger partial charge in [-0.25, -0.2) is 0 Å². The molecule has 2 heterocycles. The second kappa shape index (κ2) is 5.67. The molecule has 0 fully saturated rings. The summed E-state index contributed by atoms with van der Waals surface area (Å²) in [4.78, 5) is 12.7. The number of aromatic nitrogens is 3. The normalized spacial score (nSPS) is 10.6. The van der Waals surface area contributed by atoms with Crippen molar-refractivity contribution in [1.29, 1.82) is 0 Å². The van der Waals surface area contributed by atoms with Crippen LogP contribution in [0.15, 0.2) is 42.7 Å². The van der Waals surface area contributed by atoms with Gasteiger partial charge in [0.15, 0.2) is 0 Å². The van der Waals surface area contributed by atoms with E-state index in [-0.39, 0.29) is 5.91 Å². The van der Waals surface area contributed by atoms with Gasteiger partial charge in [0.2, 0.25) is 0 Å². The molecule has 0 bridgehead atoms. The van der Waals surface area contributed by atoms with Gasteiger partial charge in [0.1, 0.15) is 12.2 Å². The van der Waals surface area contributed by atoms with Crippen LogP contribution in [-0.4, -0.2) is 20.7 Å². The second-order valence-electron chi connectivity index (χ2n) is 4.36. The first-order chi connectivity index (χ1) is 10.1. The van der Waals surface area contributed by atoms with Crippen LogP contribution in [0.3, 0.4) is 0 Å². The van der Waals surface area contributed by atoms with Gasteiger partial charge in [-0.2, -0.15) is 0 Å². The Kier molecular flexibility index (Phi) is 3.72. The van der Waals surface area contributed by atoms with Crippen LogP contribution >= 0.6 is 22.9 Å². The van der Waals surface area contributed by atoms with Crippen molar-refractivity contribution in [1.82, 2.24) is 14.8 Å². The molecule has 1 amide bonds. The molecule has 2 aromatic heterocycles. The molecule has 0 unspecified atom stereocenters. The Morgan fingerprint density at radius 2 is 2.19 bits per heavy atom. The SMILES string of the molecule is Cc1nncn1-c1cccc(NC(=O)c2ccc(Cl)s2)c1. The summed E-state index contributed by atoms with van der Waals surface area (Å²) in [6.07, 6.45) is 1.63. The molecule has 1 N–H and O–H groups in total. The molecule has 3 aromatic rings. The quantitative estimate of drug-likeness (QED) is 0.803. The predicted molar refractivity (Wildman–Crippen MR) is 83.4 cm³/mol. The predicted octanol–water partition coefficient (Wildman–Crippen LogP) is 3.54. The molecule has 0 saturated heterocycles. The van der Waals surface area contributed by atoms with E-state index in [9.17, 15) is 4.79 Å². The number of carbonyl (C=O) groups is 1. The minimum atomic E-state index is -0.176. The third-order valence-corrected chi connectivity index (χ3v) is 4.13. The molecule has 0 atom stereocenters. The average Bonchev–Trinajstić information content (AvgIpc) is 3.08. The first-order valence-electron chi connectivity index (χ1n) is 6.17. The van der Waals surface area contributed by atoms with Crippen molar-refractivity contribution in [2.24, 2.45) is 0 Å². The summed E-state index contributed by atoms with van der Waals surface area (Å²) >= 11 is 7.09. The van der Waals surface area contributed by atoms with E-state index in [1.165, 1.54) is 11.3 Å². The molecule has 0 aliphatic rings. The van der Waals surface area contributed by atoms with E-state index in [4.69, 9.17) is 11.6 Å². The molecule has 106 valence electrons. The first-order valence-corrected chi connectivity index (χ1v) is 7.37. The topological polar surface area (TPSA) is 59.8 Å². The molecule has 7 heteroatoms. The third kappa shape index (κ3) is 2.96. The number of amides is 1. The third-order valence-electron chi connectivity index (χ3n) is 2.90. The van der Waals surface area contributed by atoms with Crippen LogP contribution in [0.5, 0.6) is 0 Å². The van der Waals surface area contributed by atoms with Crippen molar-refractivity contribution in [3.63, 3.8) is 0 Å². The Bertz CT molecular complexity index is 796. The van der Waals surface area contributed by atoms with Crippen LogP contribution in [0.4, 0.5) is 5.69 Å². The lowest BCUT2D eigenvalue weighted by molar-refractivity contribution is 0.103. The van der Waals surface area contributed by atoms with E-state index >= 15 is 0 Å². The van der Waals surface area contributed by atoms with Gasteiger partial charge in [0, 0.05) is 5.69 Å². The number of benzene rings is 1. The van der Waals surface area contributed by atoms with Gasteiger partial charge in [-0.05, 0) is 37.3 Å². The first kappa shape index (κ1) is 13.8. The number of hydrogen-bond acceptors (Lipinski definition) is 4. The van der Waals surface area contributed by atoms with Crippen LogP contribution in [0.2, 0.25) is 4.34 Å². The fourth-order valence-electron chi connectivity index (χ4n) is 1.91. The van der Waals surface area contributed by atoms with E-state index in [2.05, 4.69) is 15.5 Å². The lowest BCUT2D eigenvalue weighted by Crippen LogP contribution is -2.10. The van der Waals surface area contributed by atoms with Gasteiger partial charge < -0.3 is 5.32 Å². The van der Waals surface area contributed by atoms with Gasteiger partial charge >= 0.3 is 0 Å². The lowest BCUT2D eigenvalue weighted by Gasteiger charge is -2.08. The molecule has 3 rings (SSSR count). The fourth-order valence-corrected chi connectivity index (χ4v) is 2.85. The molecule has 21 heavy (non-hydrogen) atoms. The Morgan fingerprint density at radius 1 is 1.33 bits per heavy atom. The van der Waals surface area contributed by atoms with E-state index in [0.29, 0.717) is 14.9 Å². The molecule has 1 aromatic carbocycles. The maximum Gasteiger partial charge on any atom is 0.265 e. The van der Waals surface area contributed by atoms with Gasteiger partial charge in [0.05, 0.1) is 14.9 Å². The van der Waals surface area contributed by atoms with Crippen molar-refractivity contribution < 1.29 is 4.79 Å². The van der Waals surface area contributed by atoms with Gasteiger partial charge in [-0.1, -0.05) is 17.7 Å². The van der Waals surface area contributed by atoms with Crippen molar-refractivity contribution in [3.05, 3.63) is 57.8 Å². The zero-order valence-corrected chi connectivity index (χ0v) is 12.6. The number of hydrogen-bond donors (Lipinski definition) is 1. The Labute approximate surface area is 130 Å². The lowest BCUT2D eigenvalue weighted by atomic mass is 10.2. The van der Waals surface area contributed by atoms with E-state index < -0.39 is 0 Å². The van der Waals surface area contributed by atoms with Crippen LogP contribution in [0.25, 0.3) is 5.69 Å². The van der Waals surface area contributed by atoms with Crippen molar-refractivity contribution >= 4 is 34.5 Å². The van der Waals surface area contributed by atoms with Crippen molar-refractivity contribution in [3.8, 4) is 5.69 Å². The highest BCUT2D eigenvalue weighted by Gasteiger charge is 2.10. The Hall–Kier alpha value is -2.18. The summed E-state index contributed by atoms with van der Waals surface area (Å²) < 4.78 is 2.44. The van der Waals surface area contributed by atoms with Crippen molar-refractivity contribution in [2.45, 2.75) is 6.92 Å². The fraction of sp³-hybridized carbons (Fsp3) is 0.0714. The van der Waals surface area contributed by atoms with E-state index in [0.717, 1.165) is 11.5 Å². The molecule has 0 spiro atoms. The molecule has 0 aliphatic heterocycles. The van der Waals surface area contributed by atoms with Crippen molar-refractivity contribution in [2.75, 3.05) is 5.32 Å². The zero-order valence-electron chi connectivity index (χ0n) is 11.1. The minimum absolute atomic E-state index is 0.176. The number of thiophene rings is 1. The molecular weight excluding hydrogens is 308 g/mol. The zero-order chi connectivity index (χ0) is 14.8. The standard InChI is InChI=1S/C14H11ClN4OS/c1-9-18-16-8-19(9)11-4-2-3-10(7-11)17-14(20)12-5-6-13(15)21-12/h2-8H,1H3,(H,17,20). The number of nitrogens with zero attached hydrogens (tertiary/aromatic N) is 3. The number of rotatable bonds is 3. The number of halogens is 1. The van der Waals surface area contributed by atoms with Gasteiger partial charge in [0.25, 0.3) is 5.91 Å². The number of aryl methyl sites for hydroxylation is 1. The number of anilines is 1. The molecular formula is C14H11ClN4OS. The summed E-state index contributed by atoms with van der Waals surface area (Å²) in [5.74, 6) is 0.605. The van der Waals surface area contributed by atoms with E-state index in [1.54, 1.807) is 18.5 Å². The largest absolute Gasteiger partial charge is 0.321 e. The maximum absolute atomic E-state index is 12.1. The summed E-state index contributed by atoms with van der Waals surface area (Å²) in [6, 6.07) is 10.9. The summed E-state index contributed by atoms with van der Waals surface area (Å²) in [6.45, 7) is 1.87. The smallest absolute Gasteiger partial charge is 0.265 e.